The van der Waals surface area contributed by atoms with Crippen LogP contribution in [-0.4, -0.2) is 58.5 Å². The molecule has 0 aromatic heterocycles. The zero-order valence-electron chi connectivity index (χ0n) is 19.1. The number of benzene rings is 2. The molecule has 5 nitrogen and oxygen atoms in total. The van der Waals surface area contributed by atoms with Crippen molar-refractivity contribution in [3.05, 3.63) is 59.2 Å². The van der Waals surface area contributed by atoms with Crippen molar-refractivity contribution in [2.45, 2.75) is 37.9 Å². The highest BCUT2D eigenvalue weighted by molar-refractivity contribution is 5.52. The van der Waals surface area contributed by atoms with E-state index in [-0.39, 0.29) is 12.2 Å². The Kier molecular flexibility index (Phi) is 7.49. The topological polar surface area (TPSA) is 43.0 Å². The second-order valence-electron chi connectivity index (χ2n) is 8.71. The normalized spacial score (nSPS) is 22.2. The lowest BCUT2D eigenvalue weighted by atomic mass is 9.83. The predicted molar refractivity (Wildman–Crippen MR) is 124 cm³/mol. The standard InChI is InChI=1S/C26H36N2O3/c1-27-18-25-21-9-10-23(29-2)26(30-3)22(21)17-24(31-25)20-12-15-28(16-13-20)14-11-19-7-5-4-6-8-19/h4-10,20,24-25,27H,11-18H2,1-3H3/t24-,25-/m1/s1. The molecule has 1 N–H and O–H groups in total. The molecule has 5 heteroatoms. The van der Waals surface area contributed by atoms with Gasteiger partial charge in [-0.2, -0.15) is 0 Å². The minimum Gasteiger partial charge on any atom is -0.493 e. The van der Waals surface area contributed by atoms with Gasteiger partial charge in [-0.05, 0) is 62.5 Å². The van der Waals surface area contributed by atoms with Gasteiger partial charge in [0.2, 0.25) is 0 Å². The molecule has 0 amide bonds. The third kappa shape index (κ3) is 5.05. The van der Waals surface area contributed by atoms with Crippen molar-refractivity contribution < 1.29 is 14.2 Å². The van der Waals surface area contributed by atoms with Gasteiger partial charge in [0, 0.05) is 25.1 Å². The van der Waals surface area contributed by atoms with Gasteiger partial charge in [-0.3, -0.25) is 0 Å². The zero-order chi connectivity index (χ0) is 21.6. The van der Waals surface area contributed by atoms with Crippen LogP contribution >= 0.6 is 0 Å². The van der Waals surface area contributed by atoms with Crippen LogP contribution in [0.2, 0.25) is 0 Å². The first-order valence-electron chi connectivity index (χ1n) is 11.5. The quantitative estimate of drug-likeness (QED) is 0.697. The van der Waals surface area contributed by atoms with E-state index in [4.69, 9.17) is 14.2 Å². The molecule has 0 radical (unpaired) electrons. The van der Waals surface area contributed by atoms with Gasteiger partial charge < -0.3 is 24.4 Å². The summed E-state index contributed by atoms with van der Waals surface area (Å²) in [5.41, 5.74) is 3.90. The lowest BCUT2D eigenvalue weighted by Gasteiger charge is -2.41. The Balaban J connectivity index is 1.41. The Morgan fingerprint density at radius 2 is 1.81 bits per heavy atom. The Morgan fingerprint density at radius 3 is 2.48 bits per heavy atom. The first-order chi connectivity index (χ1) is 15.2. The second-order valence-corrected chi connectivity index (χ2v) is 8.71. The summed E-state index contributed by atoms with van der Waals surface area (Å²) in [6, 6.07) is 14.9. The first kappa shape index (κ1) is 22.1. The SMILES string of the molecule is CNC[C@H]1O[C@@H](C2CCN(CCc3ccccc3)CC2)Cc2c1ccc(OC)c2OC. The number of ether oxygens (including phenoxy) is 3. The fourth-order valence-corrected chi connectivity index (χ4v) is 5.15. The molecule has 0 bridgehead atoms. The molecule has 0 spiro atoms. The maximum atomic E-state index is 6.65. The van der Waals surface area contributed by atoms with E-state index in [1.54, 1.807) is 14.2 Å². The van der Waals surface area contributed by atoms with E-state index < -0.39 is 0 Å². The summed E-state index contributed by atoms with van der Waals surface area (Å²) in [6.45, 7) is 4.24. The fourth-order valence-electron chi connectivity index (χ4n) is 5.15. The summed E-state index contributed by atoms with van der Waals surface area (Å²) in [4.78, 5) is 2.61. The van der Waals surface area contributed by atoms with Crippen LogP contribution in [0.4, 0.5) is 0 Å². The fraction of sp³-hybridized carbons (Fsp3) is 0.538. The molecule has 0 aliphatic carbocycles. The largest absolute Gasteiger partial charge is 0.493 e. The number of nitrogens with one attached hydrogen (secondary N) is 1. The monoisotopic (exact) mass is 424 g/mol. The number of likely N-dealkylation sites (N-methyl/N-ethyl adjacent to an activating group) is 1. The van der Waals surface area contributed by atoms with Crippen LogP contribution in [0.25, 0.3) is 0 Å². The smallest absolute Gasteiger partial charge is 0.164 e. The maximum absolute atomic E-state index is 6.65. The summed E-state index contributed by atoms with van der Waals surface area (Å²) in [5, 5.41) is 3.30. The second kappa shape index (κ2) is 10.5. The predicted octanol–water partition coefficient (Wildman–Crippen LogP) is 3.86. The summed E-state index contributed by atoms with van der Waals surface area (Å²) in [6.07, 6.45) is 4.67. The van der Waals surface area contributed by atoms with Crippen molar-refractivity contribution in [3.8, 4) is 11.5 Å². The number of likely N-dealkylation sites (tertiary alicyclic amines) is 1. The van der Waals surface area contributed by atoms with Crippen LogP contribution in [0.5, 0.6) is 11.5 Å². The van der Waals surface area contributed by atoms with Crippen LogP contribution in [0.3, 0.4) is 0 Å². The molecule has 31 heavy (non-hydrogen) atoms. The van der Waals surface area contributed by atoms with Crippen LogP contribution in [0.1, 0.15) is 35.6 Å². The number of methoxy groups -OCH3 is 2. The average Bonchev–Trinajstić information content (AvgIpc) is 2.83. The van der Waals surface area contributed by atoms with Crippen molar-refractivity contribution in [1.82, 2.24) is 10.2 Å². The highest BCUT2D eigenvalue weighted by atomic mass is 16.5. The van der Waals surface area contributed by atoms with Gasteiger partial charge in [0.1, 0.15) is 0 Å². The molecule has 2 atom stereocenters. The number of hydrogen-bond acceptors (Lipinski definition) is 5. The zero-order valence-corrected chi connectivity index (χ0v) is 19.1. The molecule has 2 aliphatic rings. The van der Waals surface area contributed by atoms with Gasteiger partial charge >= 0.3 is 0 Å². The van der Waals surface area contributed by atoms with Crippen molar-refractivity contribution >= 4 is 0 Å². The molecule has 1 saturated heterocycles. The summed E-state index contributed by atoms with van der Waals surface area (Å²) < 4.78 is 18.0. The Hall–Kier alpha value is -2.08. The molecule has 2 aromatic carbocycles. The molecular weight excluding hydrogens is 388 g/mol. The molecular formula is C26H36N2O3. The van der Waals surface area contributed by atoms with Crippen LogP contribution < -0.4 is 14.8 Å². The maximum Gasteiger partial charge on any atom is 0.164 e. The number of piperidine rings is 1. The van der Waals surface area contributed by atoms with E-state index in [0.29, 0.717) is 5.92 Å². The van der Waals surface area contributed by atoms with Crippen LogP contribution in [-0.2, 0) is 17.6 Å². The van der Waals surface area contributed by atoms with Crippen LogP contribution in [0.15, 0.2) is 42.5 Å². The highest BCUT2D eigenvalue weighted by Crippen LogP contribution is 2.43. The molecule has 0 unspecified atom stereocenters. The van der Waals surface area contributed by atoms with E-state index in [2.05, 4.69) is 46.6 Å². The van der Waals surface area contributed by atoms with E-state index in [1.807, 2.05) is 13.1 Å². The molecule has 168 valence electrons. The minimum absolute atomic E-state index is 0.0506. The summed E-state index contributed by atoms with van der Waals surface area (Å²) >= 11 is 0. The molecule has 4 rings (SSSR count). The molecule has 2 aliphatic heterocycles. The van der Waals surface area contributed by atoms with Gasteiger partial charge in [-0.1, -0.05) is 36.4 Å². The van der Waals surface area contributed by atoms with Gasteiger partial charge in [-0.25, -0.2) is 0 Å². The minimum atomic E-state index is 0.0506. The number of rotatable bonds is 8. The summed E-state index contributed by atoms with van der Waals surface area (Å²) in [7, 11) is 5.43. The lowest BCUT2D eigenvalue weighted by molar-refractivity contribution is -0.0670. The molecule has 0 saturated carbocycles. The first-order valence-corrected chi connectivity index (χ1v) is 11.5. The average molecular weight is 425 g/mol. The molecule has 2 heterocycles. The summed E-state index contributed by atoms with van der Waals surface area (Å²) in [5.74, 6) is 2.26. The van der Waals surface area contributed by atoms with Crippen molar-refractivity contribution in [1.29, 1.82) is 0 Å². The van der Waals surface area contributed by atoms with Gasteiger partial charge in [0.15, 0.2) is 11.5 Å². The number of hydrogen-bond donors (Lipinski definition) is 1. The van der Waals surface area contributed by atoms with Crippen LogP contribution in [0, 0.1) is 5.92 Å². The lowest BCUT2D eigenvalue weighted by Crippen LogP contribution is -2.42. The van der Waals surface area contributed by atoms with E-state index >= 15 is 0 Å². The molecule has 2 aromatic rings. The Morgan fingerprint density at radius 1 is 1.03 bits per heavy atom. The van der Waals surface area contributed by atoms with Crippen molar-refractivity contribution in [2.24, 2.45) is 5.92 Å². The van der Waals surface area contributed by atoms with Gasteiger partial charge in [-0.15, -0.1) is 0 Å². The van der Waals surface area contributed by atoms with Gasteiger partial charge in [0.25, 0.3) is 0 Å². The third-order valence-corrected chi connectivity index (χ3v) is 6.88. The van der Waals surface area contributed by atoms with Crippen molar-refractivity contribution in [3.63, 3.8) is 0 Å². The Labute approximate surface area is 186 Å². The van der Waals surface area contributed by atoms with Crippen molar-refractivity contribution in [2.75, 3.05) is 47.4 Å². The van der Waals surface area contributed by atoms with E-state index in [9.17, 15) is 0 Å². The molecule has 1 fully saturated rings. The number of nitrogens with zero attached hydrogens (tertiary/aromatic N) is 1. The Bertz CT molecular complexity index is 834. The third-order valence-electron chi connectivity index (χ3n) is 6.88. The van der Waals surface area contributed by atoms with E-state index in [1.165, 1.54) is 29.5 Å². The number of fused-ring (bicyclic) bond motifs is 1. The highest BCUT2D eigenvalue weighted by Gasteiger charge is 2.36. The van der Waals surface area contributed by atoms with E-state index in [0.717, 1.165) is 50.5 Å². The van der Waals surface area contributed by atoms with Gasteiger partial charge in [0.05, 0.1) is 26.4 Å².